The zero-order chi connectivity index (χ0) is 19.3. The molecule has 140 valence electrons. The van der Waals surface area contributed by atoms with Crippen LogP contribution in [0.1, 0.15) is 21.6 Å². The summed E-state index contributed by atoms with van der Waals surface area (Å²) in [6, 6.07) is 16.6. The van der Waals surface area contributed by atoms with Gasteiger partial charge in [0.15, 0.2) is 17.8 Å². The smallest absolute Gasteiger partial charge is 0.274 e. The molecule has 1 aromatic heterocycles. The Hall–Kier alpha value is -2.97. The second-order valence-corrected chi connectivity index (χ2v) is 7.83. The van der Waals surface area contributed by atoms with E-state index in [-0.39, 0.29) is 24.7 Å². The van der Waals surface area contributed by atoms with Crippen LogP contribution in [-0.2, 0) is 23.1 Å². The lowest BCUT2D eigenvalue weighted by Crippen LogP contribution is -2.24. The van der Waals surface area contributed by atoms with Gasteiger partial charge in [-0.25, -0.2) is 18.1 Å². The van der Waals surface area contributed by atoms with Crippen LogP contribution >= 0.6 is 0 Å². The van der Waals surface area contributed by atoms with E-state index in [1.807, 2.05) is 54.6 Å². The van der Waals surface area contributed by atoms with Crippen LogP contribution in [0.4, 0.5) is 0 Å². The first kappa shape index (κ1) is 18.8. The summed E-state index contributed by atoms with van der Waals surface area (Å²) in [6.07, 6.45) is 2.36. The molecule has 7 nitrogen and oxygen atoms in total. The Bertz CT molecular complexity index is 1030. The standard InChI is InChI=1S/C19H19N3O4S/c1-27(24,25)22-12-15-7-5-6-14(10-15)11-20-19(23)17-18(26-13-21-17)16-8-3-2-4-9-16/h2-10,13,22H,11-12H2,1H3,(H,20,23). The normalized spacial score (nSPS) is 11.3. The Labute approximate surface area is 157 Å². The van der Waals surface area contributed by atoms with Gasteiger partial charge in [-0.15, -0.1) is 0 Å². The summed E-state index contributed by atoms with van der Waals surface area (Å²) < 4.78 is 30.2. The minimum Gasteiger partial charge on any atom is -0.443 e. The van der Waals surface area contributed by atoms with E-state index >= 15 is 0 Å². The highest BCUT2D eigenvalue weighted by Gasteiger charge is 2.17. The number of carbonyl (C=O) groups is 1. The lowest BCUT2D eigenvalue weighted by Gasteiger charge is -2.08. The zero-order valence-electron chi connectivity index (χ0n) is 14.7. The van der Waals surface area contributed by atoms with E-state index < -0.39 is 10.0 Å². The molecule has 0 bridgehead atoms. The Morgan fingerprint density at radius 1 is 1.04 bits per heavy atom. The molecule has 8 heteroatoms. The maximum atomic E-state index is 12.5. The van der Waals surface area contributed by atoms with E-state index in [1.54, 1.807) is 0 Å². The largest absolute Gasteiger partial charge is 0.443 e. The summed E-state index contributed by atoms with van der Waals surface area (Å²) in [5.74, 6) is 0.0708. The SMILES string of the molecule is CS(=O)(=O)NCc1cccc(CNC(=O)c2ncoc2-c2ccccc2)c1. The molecule has 3 aromatic rings. The zero-order valence-corrected chi connectivity index (χ0v) is 15.5. The number of hydrogen-bond donors (Lipinski definition) is 2. The molecule has 0 spiro atoms. The van der Waals surface area contributed by atoms with Gasteiger partial charge in [0.1, 0.15) is 0 Å². The Morgan fingerprint density at radius 2 is 1.74 bits per heavy atom. The quantitative estimate of drug-likeness (QED) is 0.650. The highest BCUT2D eigenvalue weighted by atomic mass is 32.2. The third kappa shape index (κ3) is 5.25. The minimum atomic E-state index is -3.26. The molecule has 2 N–H and O–H groups in total. The van der Waals surface area contributed by atoms with Gasteiger partial charge in [0, 0.05) is 18.7 Å². The average Bonchev–Trinajstić information content (AvgIpc) is 3.15. The molecule has 0 aliphatic carbocycles. The van der Waals surface area contributed by atoms with E-state index in [2.05, 4.69) is 15.0 Å². The number of sulfonamides is 1. The van der Waals surface area contributed by atoms with Crippen LogP contribution in [0.3, 0.4) is 0 Å². The van der Waals surface area contributed by atoms with Crippen molar-refractivity contribution in [1.29, 1.82) is 0 Å². The van der Waals surface area contributed by atoms with Gasteiger partial charge in [0.25, 0.3) is 5.91 Å². The van der Waals surface area contributed by atoms with Crippen LogP contribution in [0.15, 0.2) is 65.4 Å². The van der Waals surface area contributed by atoms with E-state index in [1.165, 1.54) is 6.39 Å². The number of nitrogens with one attached hydrogen (secondary N) is 2. The second kappa shape index (κ2) is 8.15. The maximum Gasteiger partial charge on any atom is 0.274 e. The molecule has 2 aromatic carbocycles. The monoisotopic (exact) mass is 385 g/mol. The molecule has 0 unspecified atom stereocenters. The van der Waals surface area contributed by atoms with Crippen molar-refractivity contribution in [2.45, 2.75) is 13.1 Å². The van der Waals surface area contributed by atoms with Crippen LogP contribution in [0, 0.1) is 0 Å². The van der Waals surface area contributed by atoms with E-state index in [0.717, 1.165) is 22.9 Å². The fraction of sp³-hybridized carbons (Fsp3) is 0.158. The fourth-order valence-corrected chi connectivity index (χ4v) is 2.96. The van der Waals surface area contributed by atoms with E-state index in [0.29, 0.717) is 5.76 Å². The molecule has 27 heavy (non-hydrogen) atoms. The van der Waals surface area contributed by atoms with Crippen LogP contribution < -0.4 is 10.0 Å². The summed E-state index contributed by atoms with van der Waals surface area (Å²) in [5.41, 5.74) is 2.64. The first-order valence-electron chi connectivity index (χ1n) is 8.22. The van der Waals surface area contributed by atoms with Gasteiger partial charge >= 0.3 is 0 Å². The lowest BCUT2D eigenvalue weighted by atomic mass is 10.1. The van der Waals surface area contributed by atoms with Gasteiger partial charge in [-0.1, -0.05) is 54.6 Å². The third-order valence-electron chi connectivity index (χ3n) is 3.80. The van der Waals surface area contributed by atoms with Gasteiger partial charge < -0.3 is 9.73 Å². The van der Waals surface area contributed by atoms with Gasteiger partial charge in [-0.3, -0.25) is 4.79 Å². The molecule has 0 saturated heterocycles. The van der Waals surface area contributed by atoms with Crippen LogP contribution in [0.25, 0.3) is 11.3 Å². The molecule has 0 saturated carbocycles. The highest BCUT2D eigenvalue weighted by Crippen LogP contribution is 2.22. The van der Waals surface area contributed by atoms with Crippen molar-refractivity contribution < 1.29 is 17.6 Å². The van der Waals surface area contributed by atoms with Crippen molar-refractivity contribution in [3.63, 3.8) is 0 Å². The van der Waals surface area contributed by atoms with Gasteiger partial charge in [0.05, 0.1) is 6.26 Å². The first-order chi connectivity index (χ1) is 12.9. The van der Waals surface area contributed by atoms with Crippen molar-refractivity contribution in [2.75, 3.05) is 6.26 Å². The molecule has 1 amide bonds. The predicted octanol–water partition coefficient (Wildman–Crippen LogP) is 2.32. The summed E-state index contributed by atoms with van der Waals surface area (Å²) in [7, 11) is -3.26. The topological polar surface area (TPSA) is 101 Å². The number of carbonyl (C=O) groups excluding carboxylic acids is 1. The van der Waals surface area contributed by atoms with Crippen molar-refractivity contribution in [2.24, 2.45) is 0 Å². The molecule has 0 aliphatic rings. The molecule has 0 atom stereocenters. The van der Waals surface area contributed by atoms with Crippen LogP contribution in [0.5, 0.6) is 0 Å². The number of aromatic nitrogens is 1. The lowest BCUT2D eigenvalue weighted by molar-refractivity contribution is 0.0946. The molecule has 0 fully saturated rings. The van der Waals surface area contributed by atoms with Crippen LogP contribution in [-0.4, -0.2) is 25.6 Å². The Morgan fingerprint density at radius 3 is 2.44 bits per heavy atom. The van der Waals surface area contributed by atoms with E-state index in [9.17, 15) is 13.2 Å². The Balaban J connectivity index is 1.66. The third-order valence-corrected chi connectivity index (χ3v) is 4.47. The molecular weight excluding hydrogens is 366 g/mol. The van der Waals surface area contributed by atoms with E-state index in [4.69, 9.17) is 4.42 Å². The summed E-state index contributed by atoms with van der Waals surface area (Å²) in [5, 5.41) is 2.81. The van der Waals surface area contributed by atoms with Gasteiger partial charge in [-0.2, -0.15) is 0 Å². The van der Waals surface area contributed by atoms with Crippen LogP contribution in [0.2, 0.25) is 0 Å². The molecular formula is C19H19N3O4S. The fourth-order valence-electron chi connectivity index (χ4n) is 2.53. The molecule has 0 aliphatic heterocycles. The predicted molar refractivity (Wildman–Crippen MR) is 101 cm³/mol. The summed E-state index contributed by atoms with van der Waals surface area (Å²) in [6.45, 7) is 0.481. The van der Waals surface area contributed by atoms with Crippen molar-refractivity contribution in [3.8, 4) is 11.3 Å². The Kier molecular flexibility index (Phi) is 5.68. The molecule has 3 rings (SSSR count). The second-order valence-electron chi connectivity index (χ2n) is 5.99. The van der Waals surface area contributed by atoms with Crippen molar-refractivity contribution in [3.05, 3.63) is 77.8 Å². The van der Waals surface area contributed by atoms with Crippen molar-refractivity contribution >= 4 is 15.9 Å². The molecule has 1 heterocycles. The first-order valence-corrected chi connectivity index (χ1v) is 10.1. The summed E-state index contributed by atoms with van der Waals surface area (Å²) in [4.78, 5) is 16.5. The minimum absolute atomic E-state index is 0.196. The number of nitrogens with zero attached hydrogens (tertiary/aromatic N) is 1. The van der Waals surface area contributed by atoms with Gasteiger partial charge in [0.2, 0.25) is 10.0 Å². The van der Waals surface area contributed by atoms with Gasteiger partial charge in [-0.05, 0) is 11.1 Å². The number of rotatable bonds is 7. The molecule has 0 radical (unpaired) electrons. The number of benzene rings is 2. The summed E-state index contributed by atoms with van der Waals surface area (Å²) >= 11 is 0. The number of oxazole rings is 1. The highest BCUT2D eigenvalue weighted by molar-refractivity contribution is 7.88. The number of amides is 1. The van der Waals surface area contributed by atoms with Crippen molar-refractivity contribution in [1.82, 2.24) is 15.0 Å². The average molecular weight is 385 g/mol. The maximum absolute atomic E-state index is 12.5. The number of hydrogen-bond acceptors (Lipinski definition) is 5.